The number of nitrogens with zero attached hydrogens (tertiary/aromatic N) is 1. The van der Waals surface area contributed by atoms with Gasteiger partial charge in [0.1, 0.15) is 5.75 Å². The number of carbonyl (C=O) groups excluding carboxylic acids is 1. The van der Waals surface area contributed by atoms with E-state index in [2.05, 4.69) is 5.32 Å². The summed E-state index contributed by atoms with van der Waals surface area (Å²) in [5.41, 5.74) is -0.787. The molecule has 0 aromatic heterocycles. The monoisotopic (exact) mass is 324 g/mol. The summed E-state index contributed by atoms with van der Waals surface area (Å²) in [6.07, 6.45) is -4.41. The number of carbonyl (C=O) groups is 1. The highest BCUT2D eigenvalue weighted by molar-refractivity contribution is 5.85. The maximum atomic E-state index is 12.5. The van der Waals surface area contributed by atoms with Crippen LogP contribution < -0.4 is 10.1 Å². The molecule has 1 aliphatic rings. The molecule has 2 rings (SSSR count). The minimum Gasteiger partial charge on any atom is -0.484 e. The van der Waals surface area contributed by atoms with Crippen molar-refractivity contribution in [3.8, 4) is 5.75 Å². The Morgan fingerprint density at radius 1 is 1.29 bits per heavy atom. The van der Waals surface area contributed by atoms with Crippen LogP contribution in [0.3, 0.4) is 0 Å². The second-order valence-electron chi connectivity index (χ2n) is 4.45. The molecule has 0 aliphatic carbocycles. The first-order chi connectivity index (χ1) is 9.47. The summed E-state index contributed by atoms with van der Waals surface area (Å²) in [7, 11) is 0. The molecule has 0 saturated carbocycles. The average Bonchev–Trinajstić information content (AvgIpc) is 2.45. The lowest BCUT2D eigenvalue weighted by Crippen LogP contribution is -2.47. The lowest BCUT2D eigenvalue weighted by atomic mass is 10.2. The van der Waals surface area contributed by atoms with E-state index >= 15 is 0 Å². The SMILES string of the molecule is Cl.O=C(COc1cccc(C(F)(F)F)c1)N1CCNCC1. The molecule has 0 bridgehead atoms. The van der Waals surface area contributed by atoms with Gasteiger partial charge in [0.25, 0.3) is 5.91 Å². The standard InChI is InChI=1S/C13H15F3N2O2.ClH/c14-13(15,16)10-2-1-3-11(8-10)20-9-12(19)18-6-4-17-5-7-18;/h1-3,8,17H,4-7,9H2;1H. The zero-order valence-corrected chi connectivity index (χ0v) is 12.0. The van der Waals surface area contributed by atoms with Crippen molar-refractivity contribution in [2.75, 3.05) is 32.8 Å². The fourth-order valence-electron chi connectivity index (χ4n) is 1.91. The highest BCUT2D eigenvalue weighted by Crippen LogP contribution is 2.31. The summed E-state index contributed by atoms with van der Waals surface area (Å²) in [5.74, 6) is -0.174. The van der Waals surface area contributed by atoms with Crippen LogP contribution in [-0.2, 0) is 11.0 Å². The number of ether oxygens (including phenoxy) is 1. The van der Waals surface area contributed by atoms with E-state index in [0.29, 0.717) is 13.1 Å². The summed E-state index contributed by atoms with van der Waals surface area (Å²) >= 11 is 0. The van der Waals surface area contributed by atoms with Crippen LogP contribution in [-0.4, -0.2) is 43.6 Å². The van der Waals surface area contributed by atoms with Gasteiger partial charge in [-0.2, -0.15) is 13.2 Å². The topological polar surface area (TPSA) is 41.6 Å². The summed E-state index contributed by atoms with van der Waals surface area (Å²) in [4.78, 5) is 13.4. The molecule has 21 heavy (non-hydrogen) atoms. The van der Waals surface area contributed by atoms with Crippen LogP contribution in [0.5, 0.6) is 5.75 Å². The summed E-state index contributed by atoms with van der Waals surface area (Å²) in [6, 6.07) is 4.52. The Hall–Kier alpha value is -1.47. The largest absolute Gasteiger partial charge is 0.484 e. The molecular formula is C13H16ClF3N2O2. The molecule has 118 valence electrons. The Morgan fingerprint density at radius 3 is 2.57 bits per heavy atom. The maximum Gasteiger partial charge on any atom is 0.416 e. The molecule has 1 aromatic carbocycles. The van der Waals surface area contributed by atoms with Crippen molar-refractivity contribution in [1.29, 1.82) is 0 Å². The normalized spacial score (nSPS) is 15.3. The van der Waals surface area contributed by atoms with Crippen molar-refractivity contribution in [3.63, 3.8) is 0 Å². The van der Waals surface area contributed by atoms with E-state index in [1.54, 1.807) is 4.90 Å². The average molecular weight is 325 g/mol. The van der Waals surface area contributed by atoms with Crippen LogP contribution >= 0.6 is 12.4 Å². The van der Waals surface area contributed by atoms with E-state index in [9.17, 15) is 18.0 Å². The Labute approximate surface area is 126 Å². The summed E-state index contributed by atoms with van der Waals surface area (Å²) in [5, 5.41) is 3.11. The Kier molecular flexibility index (Phi) is 6.29. The van der Waals surface area contributed by atoms with E-state index in [0.717, 1.165) is 25.2 Å². The second kappa shape index (κ2) is 7.51. The van der Waals surface area contributed by atoms with Crippen molar-refractivity contribution < 1.29 is 22.7 Å². The Balaban J connectivity index is 0.00000220. The van der Waals surface area contributed by atoms with Gasteiger partial charge in [-0.3, -0.25) is 4.79 Å². The number of halogens is 4. The number of rotatable bonds is 3. The molecule has 1 N–H and O–H groups in total. The van der Waals surface area contributed by atoms with Crippen molar-refractivity contribution in [2.45, 2.75) is 6.18 Å². The van der Waals surface area contributed by atoms with Crippen LogP contribution in [0.15, 0.2) is 24.3 Å². The first-order valence-corrected chi connectivity index (χ1v) is 6.25. The highest BCUT2D eigenvalue weighted by atomic mass is 35.5. The van der Waals surface area contributed by atoms with E-state index in [-0.39, 0.29) is 30.7 Å². The second-order valence-corrected chi connectivity index (χ2v) is 4.45. The molecule has 4 nitrogen and oxygen atoms in total. The van der Waals surface area contributed by atoms with Crippen molar-refractivity contribution in [3.05, 3.63) is 29.8 Å². The smallest absolute Gasteiger partial charge is 0.416 e. The number of amides is 1. The molecule has 1 fully saturated rings. The third-order valence-corrected chi connectivity index (χ3v) is 2.99. The molecule has 1 amide bonds. The van der Waals surface area contributed by atoms with Gasteiger partial charge in [0.05, 0.1) is 5.56 Å². The minimum absolute atomic E-state index is 0. The predicted molar refractivity (Wildman–Crippen MR) is 73.6 cm³/mol. The highest BCUT2D eigenvalue weighted by Gasteiger charge is 2.30. The van der Waals surface area contributed by atoms with Gasteiger partial charge in [0, 0.05) is 26.2 Å². The number of benzene rings is 1. The van der Waals surface area contributed by atoms with Gasteiger partial charge in [0.2, 0.25) is 0 Å². The molecule has 1 saturated heterocycles. The number of hydrogen-bond donors (Lipinski definition) is 1. The van der Waals surface area contributed by atoms with E-state index in [4.69, 9.17) is 4.74 Å². The minimum atomic E-state index is -4.41. The Morgan fingerprint density at radius 2 is 1.95 bits per heavy atom. The molecule has 1 aromatic rings. The third-order valence-electron chi connectivity index (χ3n) is 2.99. The molecule has 0 unspecified atom stereocenters. The van der Waals surface area contributed by atoms with Gasteiger partial charge in [-0.25, -0.2) is 0 Å². The molecule has 8 heteroatoms. The number of hydrogen-bond acceptors (Lipinski definition) is 3. The van der Waals surface area contributed by atoms with Crippen molar-refractivity contribution >= 4 is 18.3 Å². The fraction of sp³-hybridized carbons (Fsp3) is 0.462. The maximum absolute atomic E-state index is 12.5. The fourth-order valence-corrected chi connectivity index (χ4v) is 1.91. The molecule has 0 atom stereocenters. The first kappa shape index (κ1) is 17.6. The summed E-state index contributed by atoms with van der Waals surface area (Å²) in [6.45, 7) is 2.36. The van der Waals surface area contributed by atoms with Gasteiger partial charge < -0.3 is 15.0 Å². The quantitative estimate of drug-likeness (QED) is 0.924. The van der Waals surface area contributed by atoms with E-state index in [1.807, 2.05) is 0 Å². The van der Waals surface area contributed by atoms with E-state index in [1.165, 1.54) is 12.1 Å². The molecular weight excluding hydrogens is 309 g/mol. The van der Waals surface area contributed by atoms with Crippen LogP contribution in [0.25, 0.3) is 0 Å². The lowest BCUT2D eigenvalue weighted by molar-refractivity contribution is -0.137. The molecule has 0 spiro atoms. The van der Waals surface area contributed by atoms with Gasteiger partial charge in [-0.1, -0.05) is 6.07 Å². The Bertz CT molecular complexity index is 477. The lowest BCUT2D eigenvalue weighted by Gasteiger charge is -2.27. The zero-order chi connectivity index (χ0) is 14.6. The van der Waals surface area contributed by atoms with Crippen LogP contribution in [0.2, 0.25) is 0 Å². The van der Waals surface area contributed by atoms with Crippen LogP contribution in [0, 0.1) is 0 Å². The third kappa shape index (κ3) is 5.09. The first-order valence-electron chi connectivity index (χ1n) is 6.25. The van der Waals surface area contributed by atoms with Gasteiger partial charge in [-0.05, 0) is 18.2 Å². The van der Waals surface area contributed by atoms with Crippen molar-refractivity contribution in [1.82, 2.24) is 10.2 Å². The molecule has 1 aliphatic heterocycles. The van der Waals surface area contributed by atoms with Gasteiger partial charge in [0.15, 0.2) is 6.61 Å². The predicted octanol–water partition coefficient (Wildman–Crippen LogP) is 1.94. The number of piperazine rings is 1. The van der Waals surface area contributed by atoms with Crippen LogP contribution in [0.4, 0.5) is 13.2 Å². The van der Waals surface area contributed by atoms with Gasteiger partial charge >= 0.3 is 6.18 Å². The van der Waals surface area contributed by atoms with Crippen molar-refractivity contribution in [2.24, 2.45) is 0 Å². The zero-order valence-electron chi connectivity index (χ0n) is 11.2. The molecule has 1 heterocycles. The number of nitrogens with one attached hydrogen (secondary N) is 1. The van der Waals surface area contributed by atoms with E-state index < -0.39 is 11.7 Å². The molecule has 0 radical (unpaired) electrons. The number of alkyl halides is 3. The summed E-state index contributed by atoms with van der Waals surface area (Å²) < 4.78 is 42.7. The van der Waals surface area contributed by atoms with Gasteiger partial charge in [-0.15, -0.1) is 12.4 Å². The van der Waals surface area contributed by atoms with Crippen LogP contribution in [0.1, 0.15) is 5.56 Å².